The fraction of sp³-hybridized carbons (Fsp3) is 0.524. The van der Waals surface area contributed by atoms with Gasteiger partial charge < -0.3 is 15.3 Å². The molecule has 2 aliphatic heterocycles. The molecule has 144 valence electrons. The van der Waals surface area contributed by atoms with Gasteiger partial charge in [-0.3, -0.25) is 4.90 Å². The molecule has 0 amide bonds. The van der Waals surface area contributed by atoms with Crippen molar-refractivity contribution in [2.75, 3.05) is 42.9 Å². The van der Waals surface area contributed by atoms with E-state index in [4.69, 9.17) is 0 Å². The quantitative estimate of drug-likeness (QED) is 0.817. The number of hydrogen-bond donors (Lipinski definition) is 2. The van der Waals surface area contributed by atoms with Crippen LogP contribution in [0.1, 0.15) is 30.4 Å². The van der Waals surface area contributed by atoms with Crippen LogP contribution in [0.4, 0.5) is 11.6 Å². The molecule has 0 saturated carbocycles. The molecule has 0 radical (unpaired) electrons. The number of piperidine rings is 1. The summed E-state index contributed by atoms with van der Waals surface area (Å²) in [6.07, 6.45) is 6.00. The van der Waals surface area contributed by atoms with Gasteiger partial charge in [-0.2, -0.15) is 0 Å². The summed E-state index contributed by atoms with van der Waals surface area (Å²) >= 11 is 0. The van der Waals surface area contributed by atoms with Gasteiger partial charge in [0, 0.05) is 45.3 Å². The average molecular weight is 367 g/mol. The van der Waals surface area contributed by atoms with Gasteiger partial charge >= 0.3 is 0 Å². The number of rotatable bonds is 6. The predicted octanol–water partition coefficient (Wildman–Crippen LogP) is 2.30. The molecule has 0 aliphatic carbocycles. The van der Waals surface area contributed by atoms with Crippen molar-refractivity contribution in [2.45, 2.75) is 38.3 Å². The van der Waals surface area contributed by atoms with E-state index in [-0.39, 0.29) is 0 Å². The number of aromatic nitrogens is 2. The maximum atomic E-state index is 10.5. The van der Waals surface area contributed by atoms with Gasteiger partial charge in [-0.15, -0.1) is 0 Å². The van der Waals surface area contributed by atoms with Crippen molar-refractivity contribution in [3.8, 4) is 0 Å². The third-order valence-corrected chi connectivity index (χ3v) is 5.53. The highest BCUT2D eigenvalue weighted by Crippen LogP contribution is 2.20. The van der Waals surface area contributed by atoms with Crippen molar-refractivity contribution in [3.05, 3.63) is 47.8 Å². The molecular formula is C21H29N5O. The molecule has 1 aromatic carbocycles. The van der Waals surface area contributed by atoms with Crippen molar-refractivity contribution in [1.82, 2.24) is 14.9 Å². The third kappa shape index (κ3) is 4.76. The van der Waals surface area contributed by atoms with E-state index in [0.717, 1.165) is 44.2 Å². The van der Waals surface area contributed by atoms with E-state index in [1.807, 2.05) is 6.07 Å². The summed E-state index contributed by atoms with van der Waals surface area (Å²) in [5.74, 6) is 1.77. The van der Waals surface area contributed by atoms with Crippen LogP contribution in [0, 0.1) is 0 Å². The van der Waals surface area contributed by atoms with E-state index in [1.54, 1.807) is 6.33 Å². The molecule has 27 heavy (non-hydrogen) atoms. The fourth-order valence-electron chi connectivity index (χ4n) is 4.03. The highest BCUT2D eigenvalue weighted by molar-refractivity contribution is 5.48. The van der Waals surface area contributed by atoms with E-state index in [1.165, 1.54) is 30.4 Å². The summed E-state index contributed by atoms with van der Waals surface area (Å²) in [5, 5.41) is 13.7. The summed E-state index contributed by atoms with van der Waals surface area (Å²) in [7, 11) is 0. The molecule has 1 saturated heterocycles. The lowest BCUT2D eigenvalue weighted by Gasteiger charge is -2.30. The van der Waals surface area contributed by atoms with Crippen LogP contribution in [0.3, 0.4) is 0 Å². The molecule has 1 atom stereocenters. The number of anilines is 2. The third-order valence-electron chi connectivity index (χ3n) is 5.53. The van der Waals surface area contributed by atoms with Gasteiger partial charge in [-0.25, -0.2) is 9.97 Å². The number of benzene rings is 1. The summed E-state index contributed by atoms with van der Waals surface area (Å²) in [6.45, 7) is 5.21. The largest absolute Gasteiger partial charge is 0.390 e. The van der Waals surface area contributed by atoms with Crippen LogP contribution in [0.15, 0.2) is 36.7 Å². The Labute approximate surface area is 161 Å². The number of nitrogens with one attached hydrogen (secondary N) is 1. The van der Waals surface area contributed by atoms with Crippen molar-refractivity contribution < 1.29 is 5.11 Å². The molecule has 1 unspecified atom stereocenters. The molecule has 3 heterocycles. The van der Waals surface area contributed by atoms with Crippen LogP contribution >= 0.6 is 0 Å². The second-order valence-corrected chi connectivity index (χ2v) is 7.60. The molecule has 1 aromatic heterocycles. The summed E-state index contributed by atoms with van der Waals surface area (Å²) in [5.41, 5.74) is 2.82. The molecular weight excluding hydrogens is 338 g/mol. The van der Waals surface area contributed by atoms with Gasteiger partial charge in [0.25, 0.3) is 0 Å². The monoisotopic (exact) mass is 367 g/mol. The summed E-state index contributed by atoms with van der Waals surface area (Å²) in [6, 6.07) is 10.6. The molecule has 4 rings (SSSR count). The van der Waals surface area contributed by atoms with Gasteiger partial charge in [0.05, 0.1) is 6.10 Å². The van der Waals surface area contributed by atoms with E-state index >= 15 is 0 Å². The molecule has 0 bridgehead atoms. The van der Waals surface area contributed by atoms with Crippen molar-refractivity contribution in [3.63, 3.8) is 0 Å². The molecule has 2 N–H and O–H groups in total. The first kappa shape index (κ1) is 18.2. The van der Waals surface area contributed by atoms with Crippen LogP contribution in [0.25, 0.3) is 0 Å². The van der Waals surface area contributed by atoms with Crippen LogP contribution in [0.5, 0.6) is 0 Å². The van der Waals surface area contributed by atoms with Gasteiger partial charge in [0.15, 0.2) is 0 Å². The van der Waals surface area contributed by atoms with Crippen LogP contribution < -0.4 is 10.2 Å². The van der Waals surface area contributed by atoms with E-state index in [0.29, 0.717) is 13.1 Å². The van der Waals surface area contributed by atoms with Crippen LogP contribution in [-0.4, -0.2) is 58.8 Å². The van der Waals surface area contributed by atoms with Crippen molar-refractivity contribution in [1.29, 1.82) is 0 Å². The molecule has 0 spiro atoms. The lowest BCUT2D eigenvalue weighted by molar-refractivity contribution is 0.114. The first-order valence-corrected chi connectivity index (χ1v) is 10.1. The zero-order valence-electron chi connectivity index (χ0n) is 15.8. The summed E-state index contributed by atoms with van der Waals surface area (Å²) in [4.78, 5) is 13.4. The van der Waals surface area contributed by atoms with Crippen LogP contribution in [0.2, 0.25) is 0 Å². The van der Waals surface area contributed by atoms with Gasteiger partial charge in [-0.1, -0.05) is 24.3 Å². The second kappa shape index (κ2) is 8.67. The van der Waals surface area contributed by atoms with Gasteiger partial charge in [0.1, 0.15) is 18.0 Å². The molecule has 1 fully saturated rings. The molecule has 6 heteroatoms. The number of aliphatic hydroxyl groups is 1. The summed E-state index contributed by atoms with van der Waals surface area (Å²) < 4.78 is 0. The van der Waals surface area contributed by atoms with Crippen molar-refractivity contribution >= 4 is 11.6 Å². The lowest BCUT2D eigenvalue weighted by Crippen LogP contribution is -2.39. The lowest BCUT2D eigenvalue weighted by atomic mass is 10.00. The number of nitrogens with zero attached hydrogens (tertiary/aromatic N) is 4. The Hall–Kier alpha value is -2.18. The Morgan fingerprint density at radius 3 is 2.70 bits per heavy atom. The Bertz CT molecular complexity index is 747. The van der Waals surface area contributed by atoms with E-state index in [2.05, 4.69) is 49.4 Å². The number of fused-ring (bicyclic) bond motifs is 1. The minimum atomic E-state index is -0.427. The average Bonchev–Trinajstić information content (AvgIpc) is 2.73. The number of β-amino-alcohol motifs (C(OH)–C–C–N with tert-alkyl or cyclic N) is 1. The maximum absolute atomic E-state index is 10.5. The molecule has 2 aromatic rings. The molecule has 6 nitrogen and oxygen atoms in total. The SMILES string of the molecule is OC(CNc1cc(N2CCCCC2)ncn1)CN1CCc2ccccc2C1. The van der Waals surface area contributed by atoms with Gasteiger partial charge in [-0.05, 0) is 36.8 Å². The Balaban J connectivity index is 1.27. The first-order valence-electron chi connectivity index (χ1n) is 10.1. The van der Waals surface area contributed by atoms with Crippen molar-refractivity contribution in [2.24, 2.45) is 0 Å². The Kier molecular flexibility index (Phi) is 5.84. The first-order chi connectivity index (χ1) is 13.3. The fourth-order valence-corrected chi connectivity index (χ4v) is 4.03. The van der Waals surface area contributed by atoms with E-state index in [9.17, 15) is 5.11 Å². The minimum Gasteiger partial charge on any atom is -0.390 e. The zero-order chi connectivity index (χ0) is 18.5. The zero-order valence-corrected chi connectivity index (χ0v) is 15.8. The minimum absolute atomic E-state index is 0.427. The van der Waals surface area contributed by atoms with Crippen LogP contribution in [-0.2, 0) is 13.0 Å². The van der Waals surface area contributed by atoms with Gasteiger partial charge in [0.2, 0.25) is 0 Å². The van der Waals surface area contributed by atoms with E-state index < -0.39 is 6.10 Å². The predicted molar refractivity (Wildman–Crippen MR) is 108 cm³/mol. The molecule has 2 aliphatic rings. The smallest absolute Gasteiger partial charge is 0.134 e. The highest BCUT2D eigenvalue weighted by atomic mass is 16.3. The highest BCUT2D eigenvalue weighted by Gasteiger charge is 2.18. The Morgan fingerprint density at radius 2 is 1.85 bits per heavy atom. The number of aliphatic hydroxyl groups excluding tert-OH is 1. The standard InChI is InChI=1S/C21H29N5O/c27-19(15-25-11-8-17-6-2-3-7-18(17)14-25)13-22-20-12-21(24-16-23-20)26-9-4-1-5-10-26/h2-3,6-7,12,16,19,27H,1,4-5,8-11,13-15H2,(H,22,23,24). The maximum Gasteiger partial charge on any atom is 0.134 e. The second-order valence-electron chi connectivity index (χ2n) is 7.60. The normalized spacial score (nSPS) is 18.8. The number of hydrogen-bond acceptors (Lipinski definition) is 6. The topological polar surface area (TPSA) is 64.5 Å². The Morgan fingerprint density at radius 1 is 1.04 bits per heavy atom.